The van der Waals surface area contributed by atoms with E-state index in [2.05, 4.69) is 4.74 Å². The predicted molar refractivity (Wildman–Crippen MR) is 72.6 cm³/mol. The molecular formula is C15H19F2NO3. The minimum Gasteiger partial charge on any atom is -0.444 e. The zero-order valence-electron chi connectivity index (χ0n) is 11.7. The number of benzene rings is 1. The highest BCUT2D eigenvalue weighted by molar-refractivity contribution is 5.38. The quantitative estimate of drug-likeness (QED) is 0.726. The number of hydrogen-bond acceptors (Lipinski definition) is 4. The van der Waals surface area contributed by atoms with Crippen LogP contribution in [0.25, 0.3) is 0 Å². The van der Waals surface area contributed by atoms with Crippen LogP contribution in [0.15, 0.2) is 30.3 Å². The van der Waals surface area contributed by atoms with Crippen molar-refractivity contribution in [1.82, 2.24) is 4.90 Å². The van der Waals surface area contributed by atoms with Gasteiger partial charge in [-0.15, -0.1) is 0 Å². The first-order chi connectivity index (χ1) is 10.2. The Bertz CT molecular complexity index is 430. The SMILES string of the molecule is O=COC(c1ccccc1)N1CCCC(COC(F)F)C1. The second kappa shape index (κ2) is 8.05. The normalized spacial score (nSPS) is 21.2. The Morgan fingerprint density at radius 3 is 2.76 bits per heavy atom. The second-order valence-corrected chi connectivity index (χ2v) is 5.09. The van der Waals surface area contributed by atoms with Gasteiger partial charge in [0.2, 0.25) is 0 Å². The van der Waals surface area contributed by atoms with Gasteiger partial charge in [-0.1, -0.05) is 30.3 Å². The molecule has 0 bridgehead atoms. The van der Waals surface area contributed by atoms with Crippen LogP contribution in [-0.4, -0.2) is 37.7 Å². The van der Waals surface area contributed by atoms with Crippen LogP contribution in [-0.2, 0) is 14.3 Å². The Kier molecular flexibility index (Phi) is 6.07. The Balaban J connectivity index is 2.01. The highest BCUT2D eigenvalue weighted by Gasteiger charge is 2.28. The van der Waals surface area contributed by atoms with Gasteiger partial charge in [0.15, 0.2) is 6.23 Å². The van der Waals surface area contributed by atoms with E-state index >= 15 is 0 Å². The summed E-state index contributed by atoms with van der Waals surface area (Å²) in [5.41, 5.74) is 0.875. The van der Waals surface area contributed by atoms with E-state index in [9.17, 15) is 13.6 Å². The van der Waals surface area contributed by atoms with E-state index in [-0.39, 0.29) is 12.5 Å². The van der Waals surface area contributed by atoms with Gasteiger partial charge in [0, 0.05) is 18.7 Å². The molecule has 2 rings (SSSR count). The average Bonchev–Trinajstić information content (AvgIpc) is 2.52. The summed E-state index contributed by atoms with van der Waals surface area (Å²) in [5, 5.41) is 0. The highest BCUT2D eigenvalue weighted by atomic mass is 19.3. The fourth-order valence-corrected chi connectivity index (χ4v) is 2.70. The molecule has 1 heterocycles. The maximum Gasteiger partial charge on any atom is 0.345 e. The van der Waals surface area contributed by atoms with E-state index in [0.29, 0.717) is 13.0 Å². The van der Waals surface area contributed by atoms with E-state index in [1.807, 2.05) is 35.2 Å². The molecule has 0 saturated carbocycles. The predicted octanol–water partition coefficient (Wildman–Crippen LogP) is 2.81. The van der Waals surface area contributed by atoms with Crippen LogP contribution in [0, 0.1) is 5.92 Å². The molecule has 0 amide bonds. The van der Waals surface area contributed by atoms with E-state index in [0.717, 1.165) is 24.9 Å². The zero-order chi connectivity index (χ0) is 15.1. The molecular weight excluding hydrogens is 280 g/mol. The number of hydrogen-bond donors (Lipinski definition) is 0. The summed E-state index contributed by atoms with van der Waals surface area (Å²) in [6, 6.07) is 9.40. The third kappa shape index (κ3) is 4.75. The molecule has 2 atom stereocenters. The summed E-state index contributed by atoms with van der Waals surface area (Å²) >= 11 is 0. The third-order valence-corrected chi connectivity index (χ3v) is 3.61. The van der Waals surface area contributed by atoms with Crippen molar-refractivity contribution in [2.45, 2.75) is 25.7 Å². The molecule has 0 N–H and O–H groups in total. The summed E-state index contributed by atoms with van der Waals surface area (Å²) in [6.45, 7) is -0.955. The first kappa shape index (κ1) is 15.9. The van der Waals surface area contributed by atoms with Crippen molar-refractivity contribution in [2.75, 3.05) is 19.7 Å². The highest BCUT2D eigenvalue weighted by Crippen LogP contribution is 2.27. The van der Waals surface area contributed by atoms with Crippen molar-refractivity contribution in [3.8, 4) is 0 Å². The van der Waals surface area contributed by atoms with Crippen molar-refractivity contribution >= 4 is 6.47 Å². The number of rotatable bonds is 7. The molecule has 4 nitrogen and oxygen atoms in total. The molecule has 1 saturated heterocycles. The van der Waals surface area contributed by atoms with Gasteiger partial charge in [0.25, 0.3) is 6.47 Å². The molecule has 1 aliphatic rings. The van der Waals surface area contributed by atoms with Crippen LogP contribution >= 0.6 is 0 Å². The number of carbonyl (C=O) groups excluding carboxylic acids is 1. The molecule has 0 aromatic heterocycles. The maximum atomic E-state index is 12.1. The van der Waals surface area contributed by atoms with Crippen LogP contribution in [0.4, 0.5) is 8.78 Å². The van der Waals surface area contributed by atoms with Crippen LogP contribution in [0.5, 0.6) is 0 Å². The lowest BCUT2D eigenvalue weighted by molar-refractivity contribution is -0.155. The lowest BCUT2D eigenvalue weighted by Crippen LogP contribution is -2.40. The molecule has 1 aliphatic heterocycles. The Hall–Kier alpha value is -1.53. The minimum atomic E-state index is -2.74. The molecule has 0 radical (unpaired) electrons. The topological polar surface area (TPSA) is 38.8 Å². The number of halogens is 2. The monoisotopic (exact) mass is 299 g/mol. The average molecular weight is 299 g/mol. The van der Waals surface area contributed by atoms with Crippen molar-refractivity contribution in [2.24, 2.45) is 5.92 Å². The van der Waals surface area contributed by atoms with Crippen LogP contribution in [0.3, 0.4) is 0 Å². The number of carbonyl (C=O) groups is 1. The van der Waals surface area contributed by atoms with Crippen molar-refractivity contribution in [3.05, 3.63) is 35.9 Å². The van der Waals surface area contributed by atoms with Gasteiger partial charge < -0.3 is 9.47 Å². The summed E-state index contributed by atoms with van der Waals surface area (Å²) in [4.78, 5) is 12.7. The molecule has 0 spiro atoms. The van der Waals surface area contributed by atoms with E-state index in [1.54, 1.807) is 0 Å². The third-order valence-electron chi connectivity index (χ3n) is 3.61. The Morgan fingerprint density at radius 1 is 1.33 bits per heavy atom. The molecule has 1 aromatic carbocycles. The van der Waals surface area contributed by atoms with E-state index in [4.69, 9.17) is 4.74 Å². The summed E-state index contributed by atoms with van der Waals surface area (Å²) < 4.78 is 33.9. The molecule has 116 valence electrons. The zero-order valence-corrected chi connectivity index (χ0v) is 11.7. The van der Waals surface area contributed by atoms with Crippen molar-refractivity contribution in [1.29, 1.82) is 0 Å². The molecule has 21 heavy (non-hydrogen) atoms. The summed E-state index contributed by atoms with van der Waals surface area (Å²) in [7, 11) is 0. The van der Waals surface area contributed by atoms with Gasteiger partial charge in [-0.2, -0.15) is 8.78 Å². The first-order valence-electron chi connectivity index (χ1n) is 6.98. The Labute approximate surface area is 122 Å². The van der Waals surface area contributed by atoms with Gasteiger partial charge in [0.05, 0.1) is 6.61 Å². The second-order valence-electron chi connectivity index (χ2n) is 5.09. The number of piperidine rings is 1. The first-order valence-corrected chi connectivity index (χ1v) is 6.98. The summed E-state index contributed by atoms with van der Waals surface area (Å²) in [5.74, 6) is 0.0224. The molecule has 6 heteroatoms. The van der Waals surface area contributed by atoms with Gasteiger partial charge in [-0.25, -0.2) is 0 Å². The molecule has 0 aliphatic carbocycles. The van der Waals surface area contributed by atoms with E-state index in [1.165, 1.54) is 0 Å². The van der Waals surface area contributed by atoms with Gasteiger partial charge in [-0.3, -0.25) is 9.69 Å². The largest absolute Gasteiger partial charge is 0.444 e. The maximum absolute atomic E-state index is 12.1. The molecule has 2 unspecified atom stereocenters. The lowest BCUT2D eigenvalue weighted by atomic mass is 9.98. The van der Waals surface area contributed by atoms with E-state index < -0.39 is 12.8 Å². The van der Waals surface area contributed by atoms with Gasteiger partial charge in [-0.05, 0) is 18.8 Å². The van der Waals surface area contributed by atoms with Crippen LogP contribution in [0.2, 0.25) is 0 Å². The molecule has 1 fully saturated rings. The number of ether oxygens (including phenoxy) is 2. The standard InChI is InChI=1S/C15H19F2NO3/c16-15(17)20-10-12-5-4-8-18(9-12)14(21-11-19)13-6-2-1-3-7-13/h1-3,6-7,11-12,14-15H,4-5,8-10H2. The van der Waals surface area contributed by atoms with Crippen LogP contribution < -0.4 is 0 Å². The van der Waals surface area contributed by atoms with Crippen molar-refractivity contribution in [3.63, 3.8) is 0 Å². The number of likely N-dealkylation sites (tertiary alicyclic amines) is 1. The Morgan fingerprint density at radius 2 is 2.10 bits per heavy atom. The summed E-state index contributed by atoms with van der Waals surface area (Å²) in [6.07, 6.45) is 1.23. The number of nitrogens with zero attached hydrogens (tertiary/aromatic N) is 1. The minimum absolute atomic E-state index is 0.0224. The fraction of sp³-hybridized carbons (Fsp3) is 0.533. The van der Waals surface area contributed by atoms with Crippen LogP contribution in [0.1, 0.15) is 24.6 Å². The fourth-order valence-electron chi connectivity index (χ4n) is 2.70. The molecule has 1 aromatic rings. The smallest absolute Gasteiger partial charge is 0.345 e. The van der Waals surface area contributed by atoms with Crippen molar-refractivity contribution < 1.29 is 23.0 Å². The van der Waals surface area contributed by atoms with Gasteiger partial charge in [0.1, 0.15) is 0 Å². The lowest BCUT2D eigenvalue weighted by Gasteiger charge is -2.37. The van der Waals surface area contributed by atoms with Gasteiger partial charge >= 0.3 is 6.61 Å². The number of alkyl halides is 2.